The van der Waals surface area contributed by atoms with Crippen molar-refractivity contribution < 1.29 is 9.53 Å². The molecule has 1 saturated carbocycles. The second kappa shape index (κ2) is 13.0. The monoisotopic (exact) mass is 340 g/mol. The van der Waals surface area contributed by atoms with Gasteiger partial charge in [-0.1, -0.05) is 39.5 Å². The summed E-state index contributed by atoms with van der Waals surface area (Å²) < 4.78 is 5.96. The van der Waals surface area contributed by atoms with E-state index in [9.17, 15) is 4.79 Å². The van der Waals surface area contributed by atoms with Gasteiger partial charge in [0.2, 0.25) is 5.91 Å². The number of amides is 1. The number of carbonyl (C=O) groups is 1. The van der Waals surface area contributed by atoms with Crippen LogP contribution in [0.5, 0.6) is 0 Å². The average molecular weight is 341 g/mol. The lowest BCUT2D eigenvalue weighted by molar-refractivity contribution is -0.123. The van der Waals surface area contributed by atoms with Crippen molar-refractivity contribution in [2.24, 2.45) is 10.9 Å². The lowest BCUT2D eigenvalue weighted by atomic mass is 10.1. The Labute approximate surface area is 147 Å². The molecule has 1 fully saturated rings. The van der Waals surface area contributed by atoms with Crippen LogP contribution in [0.3, 0.4) is 0 Å². The Kier molecular flexibility index (Phi) is 11.3. The fourth-order valence-corrected chi connectivity index (χ4v) is 2.70. The Morgan fingerprint density at radius 3 is 2.38 bits per heavy atom. The van der Waals surface area contributed by atoms with Gasteiger partial charge in [0, 0.05) is 25.6 Å². The van der Waals surface area contributed by atoms with E-state index in [0.29, 0.717) is 32.3 Å². The SMILES string of the molecule is CCNC(=NCCOC1CCCCCC1)NCCNC(=O)C(C)C. The summed E-state index contributed by atoms with van der Waals surface area (Å²) in [4.78, 5) is 16.0. The molecule has 6 heteroatoms. The summed E-state index contributed by atoms with van der Waals surface area (Å²) in [5.74, 6) is 0.879. The summed E-state index contributed by atoms with van der Waals surface area (Å²) in [5, 5.41) is 9.33. The first kappa shape index (κ1) is 20.7. The number of hydrogen-bond acceptors (Lipinski definition) is 3. The number of nitrogens with zero attached hydrogens (tertiary/aromatic N) is 1. The molecule has 0 aliphatic heterocycles. The summed E-state index contributed by atoms with van der Waals surface area (Å²) in [6.45, 7) is 9.22. The third-order valence-corrected chi connectivity index (χ3v) is 4.10. The molecule has 0 aromatic rings. The quantitative estimate of drug-likeness (QED) is 0.260. The summed E-state index contributed by atoms with van der Waals surface area (Å²) in [6, 6.07) is 0. The van der Waals surface area contributed by atoms with Crippen LogP contribution in [0.1, 0.15) is 59.3 Å². The van der Waals surface area contributed by atoms with E-state index >= 15 is 0 Å². The van der Waals surface area contributed by atoms with Crippen molar-refractivity contribution in [2.75, 3.05) is 32.8 Å². The molecule has 0 aromatic carbocycles. The van der Waals surface area contributed by atoms with Crippen LogP contribution in [0, 0.1) is 5.92 Å². The van der Waals surface area contributed by atoms with Crippen molar-refractivity contribution >= 4 is 11.9 Å². The molecule has 1 aliphatic rings. The number of ether oxygens (including phenoxy) is 1. The van der Waals surface area contributed by atoms with Gasteiger partial charge in [-0.05, 0) is 19.8 Å². The van der Waals surface area contributed by atoms with E-state index in [1.807, 2.05) is 20.8 Å². The van der Waals surface area contributed by atoms with E-state index < -0.39 is 0 Å². The fraction of sp³-hybridized carbons (Fsp3) is 0.889. The molecule has 0 atom stereocenters. The largest absolute Gasteiger partial charge is 0.376 e. The zero-order valence-corrected chi connectivity index (χ0v) is 15.7. The zero-order valence-electron chi connectivity index (χ0n) is 15.7. The van der Waals surface area contributed by atoms with Gasteiger partial charge in [0.1, 0.15) is 0 Å². The Hall–Kier alpha value is -1.30. The van der Waals surface area contributed by atoms with Gasteiger partial charge in [-0.3, -0.25) is 9.79 Å². The van der Waals surface area contributed by atoms with Crippen LogP contribution in [0.4, 0.5) is 0 Å². The Morgan fingerprint density at radius 2 is 1.75 bits per heavy atom. The van der Waals surface area contributed by atoms with Crippen LogP contribution in [0.25, 0.3) is 0 Å². The Morgan fingerprint density at radius 1 is 1.08 bits per heavy atom. The fourth-order valence-electron chi connectivity index (χ4n) is 2.70. The van der Waals surface area contributed by atoms with Crippen LogP contribution < -0.4 is 16.0 Å². The normalized spacial score (nSPS) is 16.8. The van der Waals surface area contributed by atoms with Crippen LogP contribution in [0.15, 0.2) is 4.99 Å². The van der Waals surface area contributed by atoms with Gasteiger partial charge in [-0.2, -0.15) is 0 Å². The van der Waals surface area contributed by atoms with Crippen molar-refractivity contribution in [3.8, 4) is 0 Å². The molecule has 0 spiro atoms. The van der Waals surface area contributed by atoms with E-state index in [1.54, 1.807) is 0 Å². The molecule has 1 rings (SSSR count). The molecular formula is C18H36N4O2. The van der Waals surface area contributed by atoms with Crippen LogP contribution in [-0.4, -0.2) is 50.8 Å². The molecular weight excluding hydrogens is 304 g/mol. The lowest BCUT2D eigenvalue weighted by Gasteiger charge is -2.15. The number of rotatable bonds is 9. The summed E-state index contributed by atoms with van der Waals surface area (Å²) in [6.07, 6.45) is 8.08. The van der Waals surface area contributed by atoms with E-state index in [-0.39, 0.29) is 11.8 Å². The molecule has 140 valence electrons. The van der Waals surface area contributed by atoms with Crippen molar-refractivity contribution in [3.05, 3.63) is 0 Å². The predicted octanol–water partition coefficient (Wildman–Crippen LogP) is 2.05. The molecule has 1 amide bonds. The van der Waals surface area contributed by atoms with Gasteiger partial charge in [0.25, 0.3) is 0 Å². The maximum Gasteiger partial charge on any atom is 0.222 e. The van der Waals surface area contributed by atoms with Crippen molar-refractivity contribution in [1.82, 2.24) is 16.0 Å². The van der Waals surface area contributed by atoms with E-state index in [2.05, 4.69) is 20.9 Å². The number of nitrogens with one attached hydrogen (secondary N) is 3. The smallest absolute Gasteiger partial charge is 0.222 e. The zero-order chi connectivity index (χ0) is 17.6. The highest BCUT2D eigenvalue weighted by Gasteiger charge is 2.12. The molecule has 24 heavy (non-hydrogen) atoms. The minimum Gasteiger partial charge on any atom is -0.376 e. The molecule has 0 aromatic heterocycles. The maximum absolute atomic E-state index is 11.5. The van der Waals surface area contributed by atoms with Crippen LogP contribution in [-0.2, 0) is 9.53 Å². The van der Waals surface area contributed by atoms with Gasteiger partial charge in [-0.25, -0.2) is 0 Å². The summed E-state index contributed by atoms with van der Waals surface area (Å²) in [5.41, 5.74) is 0. The highest BCUT2D eigenvalue weighted by Crippen LogP contribution is 2.19. The van der Waals surface area contributed by atoms with E-state index in [1.165, 1.54) is 38.5 Å². The second-order valence-electron chi connectivity index (χ2n) is 6.62. The Bertz CT molecular complexity index is 364. The standard InChI is InChI=1S/C18H36N4O2/c1-4-19-18(21-12-11-20-17(23)15(2)3)22-13-14-24-16-9-7-5-6-8-10-16/h15-16H,4-14H2,1-3H3,(H,20,23)(H2,19,21,22). The van der Waals surface area contributed by atoms with Gasteiger partial charge in [0.15, 0.2) is 5.96 Å². The molecule has 0 saturated heterocycles. The maximum atomic E-state index is 11.5. The van der Waals surface area contributed by atoms with Crippen molar-refractivity contribution in [1.29, 1.82) is 0 Å². The minimum absolute atomic E-state index is 0.0213. The number of guanidine groups is 1. The molecule has 0 heterocycles. The van der Waals surface area contributed by atoms with Crippen molar-refractivity contribution in [2.45, 2.75) is 65.4 Å². The molecule has 0 radical (unpaired) electrons. The number of aliphatic imine (C=N–C) groups is 1. The first-order valence-corrected chi connectivity index (χ1v) is 9.55. The average Bonchev–Trinajstić information content (AvgIpc) is 2.83. The highest BCUT2D eigenvalue weighted by molar-refractivity contribution is 5.80. The molecule has 0 unspecified atom stereocenters. The summed E-state index contributed by atoms with van der Waals surface area (Å²) >= 11 is 0. The Balaban J connectivity index is 2.20. The first-order chi connectivity index (χ1) is 11.6. The third-order valence-electron chi connectivity index (χ3n) is 4.10. The molecule has 1 aliphatic carbocycles. The predicted molar refractivity (Wildman–Crippen MR) is 99.3 cm³/mol. The highest BCUT2D eigenvalue weighted by atomic mass is 16.5. The minimum atomic E-state index is 0.0213. The van der Waals surface area contributed by atoms with E-state index in [0.717, 1.165) is 12.5 Å². The third kappa shape index (κ3) is 9.75. The number of hydrogen-bond donors (Lipinski definition) is 3. The lowest BCUT2D eigenvalue weighted by Crippen LogP contribution is -2.42. The van der Waals surface area contributed by atoms with Crippen molar-refractivity contribution in [3.63, 3.8) is 0 Å². The number of carbonyl (C=O) groups excluding carboxylic acids is 1. The molecule has 6 nitrogen and oxygen atoms in total. The van der Waals surface area contributed by atoms with Crippen LogP contribution in [0.2, 0.25) is 0 Å². The van der Waals surface area contributed by atoms with Crippen LogP contribution >= 0.6 is 0 Å². The van der Waals surface area contributed by atoms with Gasteiger partial charge in [-0.15, -0.1) is 0 Å². The van der Waals surface area contributed by atoms with Gasteiger partial charge in [0.05, 0.1) is 19.3 Å². The summed E-state index contributed by atoms with van der Waals surface area (Å²) in [7, 11) is 0. The van der Waals surface area contributed by atoms with Gasteiger partial charge >= 0.3 is 0 Å². The molecule has 3 N–H and O–H groups in total. The van der Waals surface area contributed by atoms with E-state index in [4.69, 9.17) is 4.74 Å². The van der Waals surface area contributed by atoms with Gasteiger partial charge < -0.3 is 20.7 Å². The topological polar surface area (TPSA) is 74.8 Å². The molecule has 0 bridgehead atoms. The first-order valence-electron chi connectivity index (χ1n) is 9.55. The second-order valence-corrected chi connectivity index (χ2v) is 6.62.